The molecule has 0 amide bonds. The highest BCUT2D eigenvalue weighted by molar-refractivity contribution is 5.20. The Hall–Kier alpha value is -1.00. The van der Waals surface area contributed by atoms with Gasteiger partial charge in [-0.3, -0.25) is 4.90 Å². The lowest BCUT2D eigenvalue weighted by Crippen LogP contribution is -2.57. The topological polar surface area (TPSA) is 15.3 Å². The van der Waals surface area contributed by atoms with E-state index in [0.29, 0.717) is 12.5 Å². The number of halogens is 2. The molecule has 1 fully saturated rings. The third-order valence-corrected chi connectivity index (χ3v) is 4.07. The maximum atomic E-state index is 14.5. The lowest BCUT2D eigenvalue weighted by molar-refractivity contribution is -0.0576. The highest BCUT2D eigenvalue weighted by Gasteiger charge is 2.38. The van der Waals surface area contributed by atoms with Crippen molar-refractivity contribution in [1.82, 2.24) is 10.2 Å². The molecule has 0 spiro atoms. The van der Waals surface area contributed by atoms with Crippen LogP contribution in [-0.4, -0.2) is 36.6 Å². The first-order valence-corrected chi connectivity index (χ1v) is 7.79. The van der Waals surface area contributed by atoms with Crippen molar-refractivity contribution in [2.24, 2.45) is 5.92 Å². The van der Waals surface area contributed by atoms with Crippen LogP contribution in [0.25, 0.3) is 0 Å². The Morgan fingerprint density at radius 1 is 1.29 bits per heavy atom. The molecular formula is C17H26F2N2. The van der Waals surface area contributed by atoms with Gasteiger partial charge in [-0.25, -0.2) is 0 Å². The number of nitrogens with one attached hydrogen (secondary N) is 1. The summed E-state index contributed by atoms with van der Waals surface area (Å²) < 4.78 is 29.0. The molecule has 0 radical (unpaired) electrons. The minimum absolute atomic E-state index is 0.111. The summed E-state index contributed by atoms with van der Waals surface area (Å²) >= 11 is 0. The standard InChI is InChI=1S/C17H26F2N2/c1-13(2)9-16-10-20-14(3)11-21(16)12-17(18,19)15-7-5-4-6-8-15/h4-8,13-14,16,20H,9-12H2,1-3H3. The molecular weight excluding hydrogens is 270 g/mol. The molecule has 2 atom stereocenters. The Morgan fingerprint density at radius 3 is 2.57 bits per heavy atom. The number of piperazine rings is 1. The van der Waals surface area contributed by atoms with E-state index in [4.69, 9.17) is 0 Å². The summed E-state index contributed by atoms with van der Waals surface area (Å²) in [4.78, 5) is 1.97. The molecule has 1 aromatic rings. The predicted molar refractivity (Wildman–Crippen MR) is 82.6 cm³/mol. The molecule has 1 aromatic carbocycles. The van der Waals surface area contributed by atoms with Gasteiger partial charge in [0, 0.05) is 30.7 Å². The fraction of sp³-hybridized carbons (Fsp3) is 0.647. The molecule has 2 nitrogen and oxygen atoms in total. The van der Waals surface area contributed by atoms with E-state index in [-0.39, 0.29) is 24.2 Å². The van der Waals surface area contributed by atoms with Gasteiger partial charge >= 0.3 is 0 Å². The van der Waals surface area contributed by atoms with Gasteiger partial charge in [0.25, 0.3) is 5.92 Å². The zero-order valence-electron chi connectivity index (χ0n) is 13.2. The maximum absolute atomic E-state index is 14.5. The minimum atomic E-state index is -2.80. The summed E-state index contributed by atoms with van der Waals surface area (Å²) in [6.07, 6.45) is 0.949. The van der Waals surface area contributed by atoms with Crippen LogP contribution < -0.4 is 5.32 Å². The second kappa shape index (κ2) is 6.84. The average Bonchev–Trinajstić information content (AvgIpc) is 2.42. The van der Waals surface area contributed by atoms with Crippen LogP contribution in [0.15, 0.2) is 30.3 Å². The zero-order valence-corrected chi connectivity index (χ0v) is 13.2. The first-order chi connectivity index (χ1) is 9.88. The summed E-state index contributed by atoms with van der Waals surface area (Å²) in [6.45, 7) is 7.63. The average molecular weight is 296 g/mol. The molecule has 0 bridgehead atoms. The number of benzene rings is 1. The Labute approximate surface area is 126 Å². The summed E-state index contributed by atoms with van der Waals surface area (Å²) in [5, 5.41) is 3.41. The predicted octanol–water partition coefficient (Wildman–Crippen LogP) is 3.49. The Bertz CT molecular complexity index is 434. The summed E-state index contributed by atoms with van der Waals surface area (Å²) in [5.74, 6) is -2.29. The van der Waals surface area contributed by atoms with Crippen molar-refractivity contribution in [3.8, 4) is 0 Å². The largest absolute Gasteiger partial charge is 0.311 e. The molecule has 4 heteroatoms. The van der Waals surface area contributed by atoms with Crippen LogP contribution in [0.5, 0.6) is 0 Å². The van der Waals surface area contributed by atoms with Crippen LogP contribution in [0, 0.1) is 5.92 Å². The first kappa shape index (κ1) is 16.4. The van der Waals surface area contributed by atoms with Gasteiger partial charge < -0.3 is 5.32 Å². The molecule has 1 heterocycles. The van der Waals surface area contributed by atoms with Crippen LogP contribution >= 0.6 is 0 Å². The van der Waals surface area contributed by atoms with Crippen molar-refractivity contribution >= 4 is 0 Å². The van der Waals surface area contributed by atoms with Gasteiger partial charge in [0.15, 0.2) is 0 Å². The van der Waals surface area contributed by atoms with Crippen molar-refractivity contribution in [3.05, 3.63) is 35.9 Å². The number of hydrogen-bond acceptors (Lipinski definition) is 2. The Morgan fingerprint density at radius 2 is 1.95 bits per heavy atom. The molecule has 1 saturated heterocycles. The van der Waals surface area contributed by atoms with E-state index < -0.39 is 5.92 Å². The van der Waals surface area contributed by atoms with Crippen LogP contribution in [0.3, 0.4) is 0 Å². The van der Waals surface area contributed by atoms with Crippen molar-refractivity contribution in [2.45, 2.75) is 45.2 Å². The molecule has 1 N–H and O–H groups in total. The van der Waals surface area contributed by atoms with Crippen LogP contribution in [0.2, 0.25) is 0 Å². The fourth-order valence-corrected chi connectivity index (χ4v) is 3.03. The molecule has 0 saturated carbocycles. The van der Waals surface area contributed by atoms with Gasteiger partial charge in [-0.2, -0.15) is 8.78 Å². The third kappa shape index (κ3) is 4.48. The third-order valence-electron chi connectivity index (χ3n) is 4.07. The molecule has 1 aliphatic heterocycles. The van der Waals surface area contributed by atoms with E-state index >= 15 is 0 Å². The zero-order chi connectivity index (χ0) is 15.5. The van der Waals surface area contributed by atoms with E-state index in [2.05, 4.69) is 26.1 Å². The summed E-state index contributed by atoms with van der Waals surface area (Å²) in [6, 6.07) is 8.61. The lowest BCUT2D eigenvalue weighted by Gasteiger charge is -2.41. The van der Waals surface area contributed by atoms with Gasteiger partial charge in [0.1, 0.15) is 0 Å². The van der Waals surface area contributed by atoms with Gasteiger partial charge in [-0.1, -0.05) is 44.2 Å². The van der Waals surface area contributed by atoms with Crippen LogP contribution in [0.1, 0.15) is 32.8 Å². The molecule has 21 heavy (non-hydrogen) atoms. The number of rotatable bonds is 5. The van der Waals surface area contributed by atoms with Crippen molar-refractivity contribution < 1.29 is 8.78 Å². The normalized spacial score (nSPS) is 24.5. The first-order valence-electron chi connectivity index (χ1n) is 7.79. The van der Waals surface area contributed by atoms with E-state index in [1.165, 1.54) is 12.1 Å². The molecule has 1 aliphatic rings. The summed E-state index contributed by atoms with van der Waals surface area (Å²) in [5.41, 5.74) is 0.111. The minimum Gasteiger partial charge on any atom is -0.311 e. The lowest BCUT2D eigenvalue weighted by atomic mass is 9.98. The van der Waals surface area contributed by atoms with Gasteiger partial charge in [-0.05, 0) is 19.3 Å². The molecule has 2 rings (SSSR count). The van der Waals surface area contributed by atoms with Crippen LogP contribution in [-0.2, 0) is 5.92 Å². The molecule has 0 aromatic heterocycles. The fourth-order valence-electron chi connectivity index (χ4n) is 3.03. The van der Waals surface area contributed by atoms with E-state index in [0.717, 1.165) is 13.0 Å². The SMILES string of the molecule is CC(C)CC1CNC(C)CN1CC(F)(F)c1ccccc1. The maximum Gasteiger partial charge on any atom is 0.285 e. The van der Waals surface area contributed by atoms with E-state index in [9.17, 15) is 8.78 Å². The van der Waals surface area contributed by atoms with Gasteiger partial charge in [0.05, 0.1) is 6.54 Å². The van der Waals surface area contributed by atoms with Crippen molar-refractivity contribution in [2.75, 3.05) is 19.6 Å². The number of nitrogens with zero attached hydrogens (tertiary/aromatic N) is 1. The number of alkyl halides is 2. The Kier molecular flexibility index (Phi) is 5.33. The quantitative estimate of drug-likeness (QED) is 0.895. The summed E-state index contributed by atoms with van der Waals surface area (Å²) in [7, 11) is 0. The smallest absolute Gasteiger partial charge is 0.285 e. The molecule has 118 valence electrons. The molecule has 0 aliphatic carbocycles. The van der Waals surface area contributed by atoms with Crippen molar-refractivity contribution in [3.63, 3.8) is 0 Å². The monoisotopic (exact) mass is 296 g/mol. The second-order valence-corrected chi connectivity index (χ2v) is 6.59. The highest BCUT2D eigenvalue weighted by Crippen LogP contribution is 2.30. The van der Waals surface area contributed by atoms with Crippen molar-refractivity contribution in [1.29, 1.82) is 0 Å². The van der Waals surface area contributed by atoms with Gasteiger partial charge in [0.2, 0.25) is 0 Å². The van der Waals surface area contributed by atoms with E-state index in [1.807, 2.05) is 4.90 Å². The van der Waals surface area contributed by atoms with Gasteiger partial charge in [-0.15, -0.1) is 0 Å². The molecule has 2 unspecified atom stereocenters. The second-order valence-electron chi connectivity index (χ2n) is 6.59. The Balaban J connectivity index is 2.10. The highest BCUT2D eigenvalue weighted by atomic mass is 19.3. The number of hydrogen-bond donors (Lipinski definition) is 1. The van der Waals surface area contributed by atoms with Crippen LogP contribution in [0.4, 0.5) is 8.78 Å². The van der Waals surface area contributed by atoms with E-state index in [1.54, 1.807) is 18.2 Å².